The van der Waals surface area contributed by atoms with Crippen LogP contribution in [0.5, 0.6) is 5.75 Å². The Bertz CT molecular complexity index is 1120. The summed E-state index contributed by atoms with van der Waals surface area (Å²) >= 11 is 3.02. The van der Waals surface area contributed by atoms with Gasteiger partial charge < -0.3 is 14.2 Å². The smallest absolute Gasteiger partial charge is 0.422 e. The third kappa shape index (κ3) is 7.87. The van der Waals surface area contributed by atoms with Crippen LogP contribution in [0.1, 0.15) is 33.3 Å². The quantitative estimate of drug-likeness (QED) is 0.455. The monoisotopic (exact) mass is 560 g/mol. The van der Waals surface area contributed by atoms with Gasteiger partial charge in [0.1, 0.15) is 30.2 Å². The third-order valence-electron chi connectivity index (χ3n) is 4.00. The SMILES string of the molecule is CCOC(=O)CN(c1c(OCc2ccccc2)ccc(Br)c1F)S(=O)(=O)NC(=O)OC(C)(C)C. The van der Waals surface area contributed by atoms with Crippen molar-refractivity contribution in [3.63, 3.8) is 0 Å². The molecule has 0 fully saturated rings. The Morgan fingerprint density at radius 3 is 2.35 bits per heavy atom. The lowest BCUT2D eigenvalue weighted by molar-refractivity contribution is -0.141. The van der Waals surface area contributed by atoms with Crippen LogP contribution in [0.15, 0.2) is 46.9 Å². The summed E-state index contributed by atoms with van der Waals surface area (Å²) < 4.78 is 59.1. The zero-order valence-electron chi connectivity index (χ0n) is 19.1. The van der Waals surface area contributed by atoms with Crippen molar-refractivity contribution in [2.75, 3.05) is 17.5 Å². The number of nitrogens with one attached hydrogen (secondary N) is 1. The van der Waals surface area contributed by atoms with Gasteiger partial charge in [-0.15, -0.1) is 0 Å². The highest BCUT2D eigenvalue weighted by atomic mass is 79.9. The van der Waals surface area contributed by atoms with E-state index in [0.717, 1.165) is 5.56 Å². The fraction of sp³-hybridized carbons (Fsp3) is 0.364. The fourth-order valence-corrected chi connectivity index (χ4v) is 4.04. The molecule has 0 saturated carbocycles. The van der Waals surface area contributed by atoms with E-state index in [1.54, 1.807) is 49.8 Å². The molecular formula is C22H26BrFN2O7S. The molecule has 9 nitrogen and oxygen atoms in total. The van der Waals surface area contributed by atoms with Crippen molar-refractivity contribution in [1.82, 2.24) is 4.72 Å². The lowest BCUT2D eigenvalue weighted by Crippen LogP contribution is -2.48. The van der Waals surface area contributed by atoms with Crippen LogP contribution in [0.3, 0.4) is 0 Å². The highest BCUT2D eigenvalue weighted by Crippen LogP contribution is 2.37. The molecule has 1 N–H and O–H groups in total. The normalized spacial score (nSPS) is 11.5. The average molecular weight is 561 g/mol. The van der Waals surface area contributed by atoms with E-state index in [2.05, 4.69) is 15.9 Å². The summed E-state index contributed by atoms with van der Waals surface area (Å²) in [5.41, 5.74) is -0.853. The van der Waals surface area contributed by atoms with Crippen LogP contribution in [0.4, 0.5) is 14.9 Å². The number of carbonyl (C=O) groups excluding carboxylic acids is 2. The van der Waals surface area contributed by atoms with E-state index in [1.807, 2.05) is 6.07 Å². The number of hydrogen-bond donors (Lipinski definition) is 1. The van der Waals surface area contributed by atoms with Gasteiger partial charge in [-0.05, 0) is 61.3 Å². The van der Waals surface area contributed by atoms with Crippen LogP contribution in [-0.4, -0.2) is 39.2 Å². The van der Waals surface area contributed by atoms with E-state index in [0.29, 0.717) is 4.31 Å². The highest BCUT2D eigenvalue weighted by Gasteiger charge is 2.34. The van der Waals surface area contributed by atoms with Gasteiger partial charge in [-0.1, -0.05) is 30.3 Å². The average Bonchev–Trinajstić information content (AvgIpc) is 2.72. The molecule has 0 bridgehead atoms. The van der Waals surface area contributed by atoms with E-state index < -0.39 is 45.9 Å². The number of rotatable bonds is 9. The number of nitrogens with zero attached hydrogens (tertiary/aromatic N) is 1. The number of carbonyl (C=O) groups is 2. The second-order valence-corrected chi connectivity index (χ2v) is 10.4. The molecule has 12 heteroatoms. The van der Waals surface area contributed by atoms with Crippen LogP contribution in [0, 0.1) is 5.82 Å². The lowest BCUT2D eigenvalue weighted by Gasteiger charge is -2.27. The summed E-state index contributed by atoms with van der Waals surface area (Å²) in [7, 11) is -4.84. The molecule has 0 saturated heterocycles. The zero-order valence-corrected chi connectivity index (χ0v) is 21.5. The molecule has 0 aliphatic carbocycles. The fourth-order valence-electron chi connectivity index (χ4n) is 2.67. The Kier molecular flexibility index (Phi) is 9.28. The van der Waals surface area contributed by atoms with E-state index in [-0.39, 0.29) is 23.4 Å². The van der Waals surface area contributed by atoms with E-state index >= 15 is 4.39 Å². The van der Waals surface area contributed by atoms with Gasteiger partial charge in [0, 0.05) is 0 Å². The lowest BCUT2D eigenvalue weighted by atomic mass is 10.2. The molecule has 0 radical (unpaired) electrons. The molecule has 1 amide bonds. The number of hydrogen-bond acceptors (Lipinski definition) is 7. The van der Waals surface area contributed by atoms with Crippen LogP contribution in [0.25, 0.3) is 0 Å². The summed E-state index contributed by atoms with van der Waals surface area (Å²) in [5.74, 6) is -2.17. The van der Waals surface area contributed by atoms with Crippen LogP contribution >= 0.6 is 15.9 Å². The van der Waals surface area contributed by atoms with Crippen molar-refractivity contribution in [2.45, 2.75) is 39.9 Å². The summed E-state index contributed by atoms with van der Waals surface area (Å²) in [6.45, 7) is 5.17. The second-order valence-electron chi connectivity index (χ2n) is 7.90. The molecule has 0 aromatic heterocycles. The number of amides is 1. The van der Waals surface area contributed by atoms with Gasteiger partial charge in [-0.3, -0.25) is 4.79 Å². The van der Waals surface area contributed by atoms with Crippen molar-refractivity contribution in [1.29, 1.82) is 0 Å². The molecule has 2 aromatic carbocycles. The van der Waals surface area contributed by atoms with Crippen molar-refractivity contribution in [3.05, 3.63) is 58.3 Å². The molecular weight excluding hydrogens is 535 g/mol. The maximum atomic E-state index is 15.3. The highest BCUT2D eigenvalue weighted by molar-refractivity contribution is 9.10. The van der Waals surface area contributed by atoms with E-state index in [1.165, 1.54) is 19.1 Å². The van der Waals surface area contributed by atoms with Crippen LogP contribution < -0.4 is 13.8 Å². The number of benzene rings is 2. The molecule has 0 unspecified atom stereocenters. The minimum Gasteiger partial charge on any atom is -0.487 e. The van der Waals surface area contributed by atoms with Crippen LogP contribution in [-0.2, 0) is 31.1 Å². The van der Waals surface area contributed by atoms with Crippen molar-refractivity contribution in [2.24, 2.45) is 0 Å². The minimum atomic E-state index is -4.84. The first-order valence-corrected chi connectivity index (χ1v) is 12.4. The molecule has 186 valence electrons. The molecule has 0 aliphatic rings. The molecule has 2 rings (SSSR count). The Morgan fingerprint density at radius 1 is 1.12 bits per heavy atom. The molecule has 0 heterocycles. The molecule has 0 aliphatic heterocycles. The number of ether oxygens (including phenoxy) is 3. The number of esters is 1. The van der Waals surface area contributed by atoms with Gasteiger partial charge in [0.15, 0.2) is 5.82 Å². The first-order valence-electron chi connectivity index (χ1n) is 10.2. The van der Waals surface area contributed by atoms with Gasteiger partial charge in [0.2, 0.25) is 0 Å². The van der Waals surface area contributed by atoms with Gasteiger partial charge in [-0.25, -0.2) is 18.2 Å². The van der Waals surface area contributed by atoms with Gasteiger partial charge in [-0.2, -0.15) is 8.42 Å². The van der Waals surface area contributed by atoms with Gasteiger partial charge >= 0.3 is 22.3 Å². The maximum absolute atomic E-state index is 15.3. The van der Waals surface area contributed by atoms with E-state index in [4.69, 9.17) is 14.2 Å². The summed E-state index contributed by atoms with van der Waals surface area (Å²) in [4.78, 5) is 24.4. The molecule has 34 heavy (non-hydrogen) atoms. The predicted octanol–water partition coefficient (Wildman–Crippen LogP) is 4.31. The van der Waals surface area contributed by atoms with Crippen molar-refractivity contribution < 1.29 is 36.6 Å². The minimum absolute atomic E-state index is 0.0122. The Balaban J connectivity index is 2.51. The Morgan fingerprint density at radius 2 is 1.76 bits per heavy atom. The van der Waals surface area contributed by atoms with Gasteiger partial charge in [0.05, 0.1) is 11.1 Å². The molecule has 0 atom stereocenters. The summed E-state index contributed by atoms with van der Waals surface area (Å²) in [6, 6.07) is 11.6. The summed E-state index contributed by atoms with van der Waals surface area (Å²) in [5, 5.41) is 0. The second kappa shape index (κ2) is 11.5. The standard InChI is InChI=1S/C22H26BrFN2O7S/c1-5-31-18(27)13-26(34(29,30)25-21(28)33-22(2,3)4)20-17(12-11-16(23)19(20)24)32-14-15-9-7-6-8-10-15/h6-12H,5,13-14H2,1-4H3,(H,25,28). The first-order chi connectivity index (χ1) is 15.8. The summed E-state index contributed by atoms with van der Waals surface area (Å²) in [6.07, 6.45) is -1.30. The largest absolute Gasteiger partial charge is 0.487 e. The van der Waals surface area contributed by atoms with Crippen LogP contribution in [0.2, 0.25) is 0 Å². The topological polar surface area (TPSA) is 111 Å². The molecule has 2 aromatic rings. The van der Waals surface area contributed by atoms with Crippen molar-refractivity contribution in [3.8, 4) is 5.75 Å². The Labute approximate surface area is 206 Å². The third-order valence-corrected chi connectivity index (χ3v) is 5.93. The number of anilines is 1. The van der Waals surface area contributed by atoms with Gasteiger partial charge in [0.25, 0.3) is 0 Å². The zero-order chi connectivity index (χ0) is 25.5. The van der Waals surface area contributed by atoms with E-state index in [9.17, 15) is 18.0 Å². The number of halogens is 2. The first kappa shape index (κ1) is 27.4. The van der Waals surface area contributed by atoms with Crippen molar-refractivity contribution >= 4 is 43.9 Å². The Hall–Kier alpha value is -2.86. The predicted molar refractivity (Wildman–Crippen MR) is 127 cm³/mol. The molecule has 0 spiro atoms. The maximum Gasteiger partial charge on any atom is 0.422 e.